The average molecular weight is 294 g/mol. The first-order chi connectivity index (χ1) is 9.63. The summed E-state index contributed by atoms with van der Waals surface area (Å²) in [5, 5.41) is 0.534. The number of halogens is 1. The van der Waals surface area contributed by atoms with Gasteiger partial charge in [0.2, 0.25) is 0 Å². The summed E-state index contributed by atoms with van der Waals surface area (Å²) in [6.45, 7) is 2.10. The highest BCUT2D eigenvalue weighted by atomic mass is 35.5. The monoisotopic (exact) mass is 293 g/mol. The Kier molecular flexibility index (Phi) is 4.81. The van der Waals surface area contributed by atoms with Crippen molar-refractivity contribution in [2.75, 3.05) is 14.2 Å². The fraction of sp³-hybridized carbons (Fsp3) is 0.500. The Bertz CT molecular complexity index is 539. The largest absolute Gasteiger partial charge is 0.495 e. The number of ether oxygens (including phenoxy) is 1. The number of para-hydroxylation sites is 1. The molecule has 3 nitrogen and oxygen atoms in total. The summed E-state index contributed by atoms with van der Waals surface area (Å²) in [5.74, 6) is 0.608. The molecule has 1 aliphatic rings. The van der Waals surface area contributed by atoms with Gasteiger partial charge in [-0.25, -0.2) is 0 Å². The zero-order valence-corrected chi connectivity index (χ0v) is 12.9. The van der Waals surface area contributed by atoms with E-state index in [0.29, 0.717) is 10.8 Å². The van der Waals surface area contributed by atoms with Gasteiger partial charge in [0.05, 0.1) is 18.1 Å². The van der Waals surface area contributed by atoms with E-state index in [-0.39, 0.29) is 17.6 Å². The van der Waals surface area contributed by atoms with Crippen molar-refractivity contribution in [3.8, 4) is 5.75 Å². The Hall–Kier alpha value is -1.35. The van der Waals surface area contributed by atoms with E-state index in [4.69, 9.17) is 16.3 Å². The molecule has 20 heavy (non-hydrogen) atoms. The molecule has 0 spiro atoms. The van der Waals surface area contributed by atoms with E-state index in [9.17, 15) is 4.79 Å². The molecule has 0 aliphatic heterocycles. The van der Waals surface area contributed by atoms with Gasteiger partial charge in [0.15, 0.2) is 0 Å². The summed E-state index contributed by atoms with van der Waals surface area (Å²) in [4.78, 5) is 17.0. The maximum Gasteiger partial charge on any atom is 0.149 e. The van der Waals surface area contributed by atoms with Gasteiger partial charge in [0.1, 0.15) is 11.5 Å². The van der Waals surface area contributed by atoms with Crippen LogP contribution in [0.1, 0.15) is 37.7 Å². The highest BCUT2D eigenvalue weighted by Gasteiger charge is 2.40. The number of carbonyl (C=O) groups is 1. The first kappa shape index (κ1) is 15.0. The molecule has 1 saturated carbocycles. The van der Waals surface area contributed by atoms with Crippen molar-refractivity contribution in [3.63, 3.8) is 0 Å². The molecule has 0 radical (unpaired) electrons. The van der Waals surface area contributed by atoms with Crippen molar-refractivity contribution in [2.45, 2.75) is 32.1 Å². The van der Waals surface area contributed by atoms with E-state index >= 15 is 0 Å². The number of benzene rings is 1. The lowest BCUT2D eigenvalue weighted by Crippen LogP contribution is -2.16. The summed E-state index contributed by atoms with van der Waals surface area (Å²) in [7, 11) is 3.33. The van der Waals surface area contributed by atoms with Crippen LogP contribution in [0.4, 0.5) is 0 Å². The molecule has 0 bridgehead atoms. The molecule has 0 heterocycles. The zero-order chi connectivity index (χ0) is 14.7. The number of rotatable bonds is 4. The van der Waals surface area contributed by atoms with Gasteiger partial charge >= 0.3 is 0 Å². The molecule has 1 aromatic carbocycles. The first-order valence-corrected chi connectivity index (χ1v) is 7.33. The molecule has 0 saturated heterocycles. The second-order valence-electron chi connectivity index (χ2n) is 5.10. The standard InChI is InChI=1S/C16H20ClNO2/c1-4-6-10-9-13(18-2)14(15(10)19)11-7-5-8-12(17)16(11)20-3/h5,7-8,10,14H,4,6,9H2,1-3H3. The Morgan fingerprint density at radius 2 is 2.20 bits per heavy atom. The van der Waals surface area contributed by atoms with Crippen LogP contribution >= 0.6 is 11.6 Å². The maximum absolute atomic E-state index is 12.7. The summed E-state index contributed by atoms with van der Waals surface area (Å²) in [6, 6.07) is 5.54. The van der Waals surface area contributed by atoms with E-state index in [1.807, 2.05) is 12.1 Å². The summed E-state index contributed by atoms with van der Waals surface area (Å²) < 4.78 is 5.39. The van der Waals surface area contributed by atoms with Crippen LogP contribution in [0.5, 0.6) is 5.75 Å². The van der Waals surface area contributed by atoms with Gasteiger partial charge in [-0.15, -0.1) is 0 Å². The number of nitrogens with zero attached hydrogens (tertiary/aromatic N) is 1. The topological polar surface area (TPSA) is 38.7 Å². The fourth-order valence-corrected chi connectivity index (χ4v) is 3.24. The minimum Gasteiger partial charge on any atom is -0.495 e. The third kappa shape index (κ3) is 2.59. The second-order valence-corrected chi connectivity index (χ2v) is 5.51. The Balaban J connectivity index is 2.45. The molecule has 0 aromatic heterocycles. The zero-order valence-electron chi connectivity index (χ0n) is 12.1. The summed E-state index contributed by atoms with van der Waals surface area (Å²) >= 11 is 6.17. The molecular formula is C16H20ClNO2. The van der Waals surface area contributed by atoms with E-state index in [1.165, 1.54) is 0 Å². The highest BCUT2D eigenvalue weighted by Crippen LogP contribution is 2.41. The molecular weight excluding hydrogens is 274 g/mol. The highest BCUT2D eigenvalue weighted by molar-refractivity contribution is 6.32. The molecule has 2 rings (SSSR count). The Labute approximate surface area is 125 Å². The lowest BCUT2D eigenvalue weighted by atomic mass is 9.92. The predicted octanol–water partition coefficient (Wildman–Crippen LogP) is 3.89. The number of hydrogen-bond donors (Lipinski definition) is 0. The van der Waals surface area contributed by atoms with Gasteiger partial charge in [-0.05, 0) is 18.9 Å². The second kappa shape index (κ2) is 6.40. The lowest BCUT2D eigenvalue weighted by Gasteiger charge is -2.16. The van der Waals surface area contributed by atoms with Crippen LogP contribution in [0.3, 0.4) is 0 Å². The van der Waals surface area contributed by atoms with Crippen molar-refractivity contribution >= 4 is 23.1 Å². The predicted molar refractivity (Wildman–Crippen MR) is 82.1 cm³/mol. The molecule has 108 valence electrons. The first-order valence-electron chi connectivity index (χ1n) is 6.95. The molecule has 2 atom stereocenters. The summed E-state index contributed by atoms with van der Waals surface area (Å²) in [6.07, 6.45) is 2.67. The van der Waals surface area contributed by atoms with Crippen LogP contribution < -0.4 is 4.74 Å². The minimum absolute atomic E-state index is 0.0763. The fourth-order valence-electron chi connectivity index (χ4n) is 2.98. The van der Waals surface area contributed by atoms with Gasteiger partial charge in [0.25, 0.3) is 0 Å². The van der Waals surface area contributed by atoms with Gasteiger partial charge in [0, 0.05) is 24.2 Å². The van der Waals surface area contributed by atoms with Crippen molar-refractivity contribution in [1.82, 2.24) is 0 Å². The SMILES string of the molecule is CCCC1CC(=NC)C(c2cccc(Cl)c2OC)C1=O. The maximum atomic E-state index is 12.7. The van der Waals surface area contributed by atoms with Crippen LogP contribution in [0.15, 0.2) is 23.2 Å². The van der Waals surface area contributed by atoms with Crippen molar-refractivity contribution in [1.29, 1.82) is 0 Å². The van der Waals surface area contributed by atoms with E-state index < -0.39 is 0 Å². The molecule has 0 amide bonds. The average Bonchev–Trinajstić information content (AvgIpc) is 2.75. The number of ketones is 1. The summed E-state index contributed by atoms with van der Waals surface area (Å²) in [5.41, 5.74) is 1.78. The van der Waals surface area contributed by atoms with Crippen molar-refractivity contribution < 1.29 is 9.53 Å². The van der Waals surface area contributed by atoms with Crippen LogP contribution in [-0.2, 0) is 4.79 Å². The van der Waals surface area contributed by atoms with Gasteiger partial charge < -0.3 is 4.74 Å². The normalized spacial score (nSPS) is 24.4. The van der Waals surface area contributed by atoms with Gasteiger partial charge in [-0.2, -0.15) is 0 Å². The third-order valence-electron chi connectivity index (χ3n) is 3.91. The van der Waals surface area contributed by atoms with Crippen LogP contribution in [0.25, 0.3) is 0 Å². The number of methoxy groups -OCH3 is 1. The van der Waals surface area contributed by atoms with Crippen LogP contribution in [-0.4, -0.2) is 25.7 Å². The number of carbonyl (C=O) groups excluding carboxylic acids is 1. The lowest BCUT2D eigenvalue weighted by molar-refractivity contribution is -0.121. The minimum atomic E-state index is -0.301. The van der Waals surface area contributed by atoms with Gasteiger partial charge in [-0.1, -0.05) is 37.1 Å². The Morgan fingerprint density at radius 3 is 2.80 bits per heavy atom. The molecule has 1 aromatic rings. The van der Waals surface area contributed by atoms with Crippen molar-refractivity contribution in [3.05, 3.63) is 28.8 Å². The molecule has 0 N–H and O–H groups in total. The molecule has 2 unspecified atom stereocenters. The number of aliphatic imine (C=N–C) groups is 1. The van der Waals surface area contributed by atoms with E-state index in [2.05, 4.69) is 11.9 Å². The molecule has 1 fully saturated rings. The van der Waals surface area contributed by atoms with E-state index in [0.717, 1.165) is 30.5 Å². The smallest absolute Gasteiger partial charge is 0.149 e. The van der Waals surface area contributed by atoms with Crippen LogP contribution in [0, 0.1) is 5.92 Å². The van der Waals surface area contributed by atoms with Gasteiger partial charge in [-0.3, -0.25) is 9.79 Å². The molecule has 1 aliphatic carbocycles. The van der Waals surface area contributed by atoms with Crippen molar-refractivity contribution in [2.24, 2.45) is 10.9 Å². The van der Waals surface area contributed by atoms with E-state index in [1.54, 1.807) is 20.2 Å². The Morgan fingerprint density at radius 1 is 1.45 bits per heavy atom. The number of Topliss-reactive ketones (excluding diaryl/α,β-unsaturated/α-hetero) is 1. The number of hydrogen-bond acceptors (Lipinski definition) is 3. The third-order valence-corrected chi connectivity index (χ3v) is 4.21. The van der Waals surface area contributed by atoms with Crippen LogP contribution in [0.2, 0.25) is 5.02 Å². The quantitative estimate of drug-likeness (QED) is 0.844. The molecule has 4 heteroatoms.